The molecule has 0 aromatic carbocycles. The van der Waals surface area contributed by atoms with Crippen molar-refractivity contribution in [2.24, 2.45) is 11.7 Å². The van der Waals surface area contributed by atoms with Crippen LogP contribution in [0.15, 0.2) is 10.3 Å². The van der Waals surface area contributed by atoms with E-state index in [9.17, 15) is 8.42 Å². The highest BCUT2D eigenvalue weighted by molar-refractivity contribution is 7.91. The molecule has 0 atom stereocenters. The molecule has 0 amide bonds. The number of hydrogen-bond acceptors (Lipinski definition) is 4. The van der Waals surface area contributed by atoms with E-state index in [1.807, 2.05) is 6.92 Å². The van der Waals surface area contributed by atoms with E-state index in [1.165, 1.54) is 11.3 Å². The quantitative estimate of drug-likeness (QED) is 0.832. The summed E-state index contributed by atoms with van der Waals surface area (Å²) in [6.45, 7) is 6.88. The summed E-state index contributed by atoms with van der Waals surface area (Å²) >= 11 is 1.25. The van der Waals surface area contributed by atoms with Crippen molar-refractivity contribution in [3.63, 3.8) is 0 Å². The van der Waals surface area contributed by atoms with E-state index in [2.05, 4.69) is 18.6 Å². The van der Waals surface area contributed by atoms with E-state index in [0.29, 0.717) is 23.2 Å². The number of aryl methyl sites for hydroxylation is 1. The summed E-state index contributed by atoms with van der Waals surface area (Å²) in [6, 6.07) is 1.69. The first-order valence-corrected chi connectivity index (χ1v) is 7.96. The van der Waals surface area contributed by atoms with Gasteiger partial charge in [0.05, 0.1) is 0 Å². The van der Waals surface area contributed by atoms with Gasteiger partial charge < -0.3 is 5.73 Å². The first kappa shape index (κ1) is 14.6. The summed E-state index contributed by atoms with van der Waals surface area (Å²) in [7, 11) is -3.35. The lowest BCUT2D eigenvalue weighted by Gasteiger charge is -2.06. The fourth-order valence-electron chi connectivity index (χ4n) is 1.38. The van der Waals surface area contributed by atoms with Crippen LogP contribution in [-0.4, -0.2) is 15.0 Å². The lowest BCUT2D eigenvalue weighted by atomic mass is 10.1. The van der Waals surface area contributed by atoms with E-state index >= 15 is 0 Å². The van der Waals surface area contributed by atoms with Gasteiger partial charge in [0.2, 0.25) is 10.0 Å². The first-order valence-electron chi connectivity index (χ1n) is 5.66. The normalized spacial score (nSPS) is 12.3. The Morgan fingerprint density at radius 2 is 2.12 bits per heavy atom. The third-order valence-corrected chi connectivity index (χ3v) is 5.66. The van der Waals surface area contributed by atoms with Gasteiger partial charge in [0.1, 0.15) is 4.21 Å². The minimum atomic E-state index is -3.35. The number of nitrogens with one attached hydrogen (secondary N) is 1. The van der Waals surface area contributed by atoms with Crippen molar-refractivity contribution in [2.75, 3.05) is 6.54 Å². The molecule has 3 N–H and O–H groups in total. The molecule has 1 aromatic heterocycles. The standard InChI is InChI=1S/C11H20N2O2S2/c1-8(2)4-5-13-17(14,15)11-6-9(3)10(7-12)16-11/h6,8,13H,4-5,7,12H2,1-3H3. The summed E-state index contributed by atoms with van der Waals surface area (Å²) in [4.78, 5) is 0.925. The highest BCUT2D eigenvalue weighted by Gasteiger charge is 2.17. The molecule has 1 aromatic rings. The number of rotatable bonds is 6. The summed E-state index contributed by atoms with van der Waals surface area (Å²) in [6.07, 6.45) is 0.841. The summed E-state index contributed by atoms with van der Waals surface area (Å²) < 4.78 is 26.9. The lowest BCUT2D eigenvalue weighted by Crippen LogP contribution is -2.24. The van der Waals surface area contributed by atoms with Crippen molar-refractivity contribution in [2.45, 2.75) is 37.9 Å². The third-order valence-electron chi connectivity index (χ3n) is 2.46. The van der Waals surface area contributed by atoms with Crippen molar-refractivity contribution >= 4 is 21.4 Å². The zero-order chi connectivity index (χ0) is 13.1. The Kier molecular flexibility index (Phi) is 5.12. The molecule has 0 bridgehead atoms. The molecule has 1 rings (SSSR count). The van der Waals surface area contributed by atoms with Crippen molar-refractivity contribution in [3.05, 3.63) is 16.5 Å². The molecule has 1 heterocycles. The van der Waals surface area contributed by atoms with Gasteiger partial charge in [-0.25, -0.2) is 13.1 Å². The summed E-state index contributed by atoms with van der Waals surface area (Å²) in [5, 5.41) is 0. The molecule has 0 radical (unpaired) electrons. The van der Waals surface area contributed by atoms with Crippen LogP contribution >= 0.6 is 11.3 Å². The Balaban J connectivity index is 2.75. The SMILES string of the molecule is Cc1cc(S(=O)(=O)NCCC(C)C)sc1CN. The van der Waals surface area contributed by atoms with Gasteiger partial charge in [0.25, 0.3) is 0 Å². The second-order valence-corrected chi connectivity index (χ2v) is 7.59. The average molecular weight is 276 g/mol. The topological polar surface area (TPSA) is 72.2 Å². The van der Waals surface area contributed by atoms with Crippen LogP contribution in [0.25, 0.3) is 0 Å². The Morgan fingerprint density at radius 3 is 2.59 bits per heavy atom. The number of sulfonamides is 1. The van der Waals surface area contributed by atoms with Crippen molar-refractivity contribution in [3.8, 4) is 0 Å². The van der Waals surface area contributed by atoms with Gasteiger partial charge >= 0.3 is 0 Å². The molecule has 0 saturated heterocycles. The van der Waals surface area contributed by atoms with Gasteiger partial charge in [-0.05, 0) is 30.9 Å². The number of hydrogen-bond donors (Lipinski definition) is 2. The Labute approximate surface area is 107 Å². The van der Waals surface area contributed by atoms with Gasteiger partial charge in [0.15, 0.2) is 0 Å². The van der Waals surface area contributed by atoms with Crippen molar-refractivity contribution < 1.29 is 8.42 Å². The van der Waals surface area contributed by atoms with Crippen LogP contribution in [0.1, 0.15) is 30.7 Å². The molecule has 0 aliphatic heterocycles. The number of thiophene rings is 1. The largest absolute Gasteiger partial charge is 0.326 e. The van der Waals surface area contributed by atoms with E-state index in [4.69, 9.17) is 5.73 Å². The van der Waals surface area contributed by atoms with Crippen LogP contribution in [0.3, 0.4) is 0 Å². The van der Waals surface area contributed by atoms with Crippen LogP contribution in [0, 0.1) is 12.8 Å². The highest BCUT2D eigenvalue weighted by Crippen LogP contribution is 2.25. The molecular formula is C11H20N2O2S2. The van der Waals surface area contributed by atoms with Gasteiger partial charge in [-0.2, -0.15) is 0 Å². The maximum atomic E-state index is 12.0. The minimum absolute atomic E-state index is 0.360. The van der Waals surface area contributed by atoms with Crippen LogP contribution < -0.4 is 10.5 Å². The van der Waals surface area contributed by atoms with Crippen LogP contribution in [0.4, 0.5) is 0 Å². The van der Waals surface area contributed by atoms with Gasteiger partial charge in [-0.1, -0.05) is 13.8 Å². The molecule has 4 nitrogen and oxygen atoms in total. The molecule has 0 unspecified atom stereocenters. The third kappa shape index (κ3) is 4.06. The predicted molar refractivity (Wildman–Crippen MR) is 71.6 cm³/mol. The van der Waals surface area contributed by atoms with E-state index < -0.39 is 10.0 Å². The molecule has 0 saturated carbocycles. The zero-order valence-corrected chi connectivity index (χ0v) is 12.1. The van der Waals surface area contributed by atoms with Crippen molar-refractivity contribution in [1.29, 1.82) is 0 Å². The van der Waals surface area contributed by atoms with Crippen LogP contribution in [0.5, 0.6) is 0 Å². The van der Waals surface area contributed by atoms with E-state index in [-0.39, 0.29) is 0 Å². The molecule has 98 valence electrons. The summed E-state index contributed by atoms with van der Waals surface area (Å²) in [5.74, 6) is 0.488. The maximum Gasteiger partial charge on any atom is 0.250 e. The van der Waals surface area contributed by atoms with Gasteiger partial charge in [0, 0.05) is 18.0 Å². The smallest absolute Gasteiger partial charge is 0.250 e. The van der Waals surface area contributed by atoms with Crippen LogP contribution in [0.2, 0.25) is 0 Å². The summed E-state index contributed by atoms with van der Waals surface area (Å²) in [5.41, 5.74) is 6.49. The zero-order valence-electron chi connectivity index (χ0n) is 10.5. The molecule has 17 heavy (non-hydrogen) atoms. The van der Waals surface area contributed by atoms with Crippen LogP contribution in [-0.2, 0) is 16.6 Å². The molecule has 0 spiro atoms. The highest BCUT2D eigenvalue weighted by atomic mass is 32.2. The van der Waals surface area contributed by atoms with E-state index in [1.54, 1.807) is 6.07 Å². The average Bonchev–Trinajstić information content (AvgIpc) is 2.59. The maximum absolute atomic E-state index is 12.0. The lowest BCUT2D eigenvalue weighted by molar-refractivity contribution is 0.553. The molecule has 0 fully saturated rings. The second-order valence-electron chi connectivity index (χ2n) is 4.46. The fraction of sp³-hybridized carbons (Fsp3) is 0.636. The Morgan fingerprint density at radius 1 is 1.47 bits per heavy atom. The molecule has 6 heteroatoms. The molecule has 0 aliphatic rings. The molecule has 0 aliphatic carbocycles. The van der Waals surface area contributed by atoms with E-state index in [0.717, 1.165) is 16.9 Å². The number of nitrogens with two attached hydrogens (primary N) is 1. The first-order chi connectivity index (χ1) is 7.86. The second kappa shape index (κ2) is 5.95. The minimum Gasteiger partial charge on any atom is -0.326 e. The Hall–Kier alpha value is -0.430. The predicted octanol–water partition coefficient (Wildman–Crippen LogP) is 1.84. The van der Waals surface area contributed by atoms with Gasteiger partial charge in [-0.3, -0.25) is 0 Å². The monoisotopic (exact) mass is 276 g/mol. The van der Waals surface area contributed by atoms with Gasteiger partial charge in [-0.15, -0.1) is 11.3 Å². The van der Waals surface area contributed by atoms with Crippen molar-refractivity contribution in [1.82, 2.24) is 4.72 Å². The fourth-order valence-corrected chi connectivity index (χ4v) is 3.94. The molecular weight excluding hydrogens is 256 g/mol. The Bertz CT molecular complexity index is 464.